The molecule has 1 heteroatoms. The molecule has 0 unspecified atom stereocenters. The lowest BCUT2D eigenvalue weighted by molar-refractivity contribution is 0.420. The largest absolute Gasteiger partial charge is 0.367 e. The maximum absolute atomic E-state index is 3.07. The lowest BCUT2D eigenvalue weighted by atomic mass is 9.89. The van der Waals surface area contributed by atoms with Crippen LogP contribution in [0.25, 0.3) is 6.08 Å². The molecular weight excluding hydrogens is 158 g/mol. The Balaban J connectivity index is 1.89. The van der Waals surface area contributed by atoms with Crippen LogP contribution in [0.1, 0.15) is 37.7 Å². The van der Waals surface area contributed by atoms with E-state index in [0.29, 0.717) is 0 Å². The molecule has 0 atom stereocenters. The van der Waals surface area contributed by atoms with Crippen LogP contribution in [-0.2, 0) is 0 Å². The van der Waals surface area contributed by atoms with Gasteiger partial charge in [0.15, 0.2) is 0 Å². The van der Waals surface area contributed by atoms with E-state index in [1.54, 1.807) is 0 Å². The van der Waals surface area contributed by atoms with Gasteiger partial charge in [-0.3, -0.25) is 0 Å². The third kappa shape index (κ3) is 2.48. The van der Waals surface area contributed by atoms with Crippen LogP contribution >= 0.6 is 0 Å². The Morgan fingerprint density at radius 2 is 2.08 bits per heavy atom. The molecule has 0 amide bonds. The molecule has 1 saturated carbocycles. The number of H-pyrrole nitrogens is 1. The van der Waals surface area contributed by atoms with Gasteiger partial charge in [-0.05, 0) is 30.4 Å². The fraction of sp³-hybridized carbons (Fsp3) is 0.500. The van der Waals surface area contributed by atoms with E-state index >= 15 is 0 Å². The Morgan fingerprint density at radius 1 is 1.23 bits per heavy atom. The first-order valence-corrected chi connectivity index (χ1v) is 5.26. The summed E-state index contributed by atoms with van der Waals surface area (Å²) >= 11 is 0. The number of hydrogen-bond acceptors (Lipinski definition) is 0. The van der Waals surface area contributed by atoms with E-state index < -0.39 is 0 Å². The SMILES string of the molecule is C(=CC1CCCCC1)c1cc[nH]c1. The maximum atomic E-state index is 3.07. The van der Waals surface area contributed by atoms with Gasteiger partial charge < -0.3 is 4.98 Å². The Bertz CT molecular complexity index is 253. The van der Waals surface area contributed by atoms with E-state index in [1.807, 2.05) is 12.4 Å². The lowest BCUT2D eigenvalue weighted by Crippen LogP contribution is -2.02. The highest BCUT2D eigenvalue weighted by atomic mass is 14.6. The van der Waals surface area contributed by atoms with E-state index in [1.165, 1.54) is 37.7 Å². The van der Waals surface area contributed by atoms with Gasteiger partial charge >= 0.3 is 0 Å². The second kappa shape index (κ2) is 4.31. The minimum Gasteiger partial charge on any atom is -0.367 e. The van der Waals surface area contributed by atoms with E-state index in [0.717, 1.165) is 5.92 Å². The van der Waals surface area contributed by atoms with Crippen molar-refractivity contribution in [3.05, 3.63) is 30.1 Å². The van der Waals surface area contributed by atoms with Gasteiger partial charge in [0.1, 0.15) is 0 Å². The van der Waals surface area contributed by atoms with Gasteiger partial charge in [0, 0.05) is 12.4 Å². The molecule has 13 heavy (non-hydrogen) atoms. The number of rotatable bonds is 2. The molecule has 1 aliphatic rings. The fourth-order valence-electron chi connectivity index (χ4n) is 2.01. The van der Waals surface area contributed by atoms with Crippen molar-refractivity contribution in [2.75, 3.05) is 0 Å². The summed E-state index contributed by atoms with van der Waals surface area (Å²) in [5, 5.41) is 0. The molecular formula is C12H17N. The summed E-state index contributed by atoms with van der Waals surface area (Å²) in [4.78, 5) is 3.07. The van der Waals surface area contributed by atoms with Gasteiger partial charge in [-0.25, -0.2) is 0 Å². The molecule has 1 aromatic rings. The zero-order valence-electron chi connectivity index (χ0n) is 8.00. The standard InChI is InChI=1S/C12H17N/c1-2-4-11(5-3-1)6-7-12-8-9-13-10-12/h6-11,13H,1-5H2. The van der Waals surface area contributed by atoms with Crippen molar-refractivity contribution >= 4 is 6.08 Å². The minimum atomic E-state index is 0.837. The highest BCUT2D eigenvalue weighted by Crippen LogP contribution is 2.25. The van der Waals surface area contributed by atoms with Gasteiger partial charge in [-0.2, -0.15) is 0 Å². The second-order valence-electron chi connectivity index (χ2n) is 3.90. The number of allylic oxidation sites excluding steroid dienone is 1. The first-order valence-electron chi connectivity index (χ1n) is 5.26. The molecule has 0 bridgehead atoms. The molecule has 1 heterocycles. The van der Waals surface area contributed by atoms with Crippen molar-refractivity contribution in [1.29, 1.82) is 0 Å². The highest BCUT2D eigenvalue weighted by Gasteiger charge is 2.09. The quantitative estimate of drug-likeness (QED) is 0.706. The van der Waals surface area contributed by atoms with E-state index in [2.05, 4.69) is 23.2 Å². The number of hydrogen-bond donors (Lipinski definition) is 1. The second-order valence-corrected chi connectivity index (χ2v) is 3.90. The molecule has 2 rings (SSSR count). The molecule has 0 aromatic carbocycles. The van der Waals surface area contributed by atoms with Gasteiger partial charge in [0.05, 0.1) is 0 Å². The van der Waals surface area contributed by atoms with Crippen molar-refractivity contribution in [2.45, 2.75) is 32.1 Å². The third-order valence-corrected chi connectivity index (χ3v) is 2.83. The Morgan fingerprint density at radius 3 is 2.77 bits per heavy atom. The van der Waals surface area contributed by atoms with Crippen LogP contribution in [-0.4, -0.2) is 4.98 Å². The molecule has 1 N–H and O–H groups in total. The van der Waals surface area contributed by atoms with E-state index in [4.69, 9.17) is 0 Å². The monoisotopic (exact) mass is 175 g/mol. The average Bonchev–Trinajstić information content (AvgIpc) is 2.69. The zero-order chi connectivity index (χ0) is 8.93. The molecule has 0 radical (unpaired) electrons. The molecule has 1 nitrogen and oxygen atoms in total. The van der Waals surface area contributed by atoms with Crippen LogP contribution in [0, 0.1) is 5.92 Å². The van der Waals surface area contributed by atoms with Crippen molar-refractivity contribution in [2.24, 2.45) is 5.92 Å². The summed E-state index contributed by atoms with van der Waals surface area (Å²) in [6.45, 7) is 0. The van der Waals surface area contributed by atoms with E-state index in [-0.39, 0.29) is 0 Å². The van der Waals surface area contributed by atoms with Crippen LogP contribution in [0.15, 0.2) is 24.5 Å². The Hall–Kier alpha value is -0.980. The van der Waals surface area contributed by atoms with Crippen molar-refractivity contribution in [1.82, 2.24) is 4.98 Å². The maximum Gasteiger partial charge on any atom is 0.00779 e. The van der Waals surface area contributed by atoms with E-state index in [9.17, 15) is 0 Å². The topological polar surface area (TPSA) is 15.8 Å². The summed E-state index contributed by atoms with van der Waals surface area (Å²) in [7, 11) is 0. The average molecular weight is 175 g/mol. The molecule has 0 spiro atoms. The summed E-state index contributed by atoms with van der Waals surface area (Å²) in [5.41, 5.74) is 1.30. The molecule has 0 saturated heterocycles. The molecule has 1 fully saturated rings. The zero-order valence-corrected chi connectivity index (χ0v) is 8.00. The Labute approximate surface area is 79.9 Å². The first-order chi connectivity index (χ1) is 6.45. The summed E-state index contributed by atoms with van der Waals surface area (Å²) in [6, 6.07) is 2.11. The summed E-state index contributed by atoms with van der Waals surface area (Å²) in [5.74, 6) is 0.837. The molecule has 0 aliphatic heterocycles. The van der Waals surface area contributed by atoms with Gasteiger partial charge in [0.2, 0.25) is 0 Å². The number of nitrogens with one attached hydrogen (secondary N) is 1. The van der Waals surface area contributed by atoms with Gasteiger partial charge in [-0.1, -0.05) is 31.4 Å². The summed E-state index contributed by atoms with van der Waals surface area (Å²) in [6.07, 6.45) is 15.7. The smallest absolute Gasteiger partial charge is 0.00779 e. The van der Waals surface area contributed by atoms with Crippen LogP contribution in [0.4, 0.5) is 0 Å². The third-order valence-electron chi connectivity index (χ3n) is 2.83. The normalized spacial score (nSPS) is 19.7. The minimum absolute atomic E-state index is 0.837. The van der Waals surface area contributed by atoms with Crippen LogP contribution in [0.3, 0.4) is 0 Å². The predicted molar refractivity (Wildman–Crippen MR) is 56.4 cm³/mol. The van der Waals surface area contributed by atoms with Crippen LogP contribution in [0.2, 0.25) is 0 Å². The first kappa shape index (κ1) is 8.61. The predicted octanol–water partition coefficient (Wildman–Crippen LogP) is 3.61. The van der Waals surface area contributed by atoms with Gasteiger partial charge in [0.25, 0.3) is 0 Å². The molecule has 70 valence electrons. The van der Waals surface area contributed by atoms with Crippen LogP contribution in [0.5, 0.6) is 0 Å². The lowest BCUT2D eigenvalue weighted by Gasteiger charge is -2.17. The van der Waals surface area contributed by atoms with Crippen LogP contribution < -0.4 is 0 Å². The molecule has 1 aromatic heterocycles. The fourth-order valence-corrected chi connectivity index (χ4v) is 2.01. The number of aromatic amines is 1. The number of aromatic nitrogens is 1. The van der Waals surface area contributed by atoms with Crippen molar-refractivity contribution < 1.29 is 0 Å². The van der Waals surface area contributed by atoms with Gasteiger partial charge in [-0.15, -0.1) is 0 Å². The highest BCUT2D eigenvalue weighted by molar-refractivity contribution is 5.47. The Kier molecular flexibility index (Phi) is 2.86. The van der Waals surface area contributed by atoms with Crippen molar-refractivity contribution in [3.63, 3.8) is 0 Å². The van der Waals surface area contributed by atoms with Crippen molar-refractivity contribution in [3.8, 4) is 0 Å². The molecule has 1 aliphatic carbocycles. The summed E-state index contributed by atoms with van der Waals surface area (Å²) < 4.78 is 0.